The van der Waals surface area contributed by atoms with Gasteiger partial charge < -0.3 is 4.90 Å². The van der Waals surface area contributed by atoms with E-state index in [1.54, 1.807) is 23.1 Å². The molecule has 0 spiro atoms. The number of carbonyl (C=O) groups excluding carboxylic acids is 1. The first-order valence-electron chi connectivity index (χ1n) is 4.52. The fraction of sp³-hybridized carbons (Fsp3) is 0.273. The van der Waals surface area contributed by atoms with Crippen molar-refractivity contribution >= 4 is 23.8 Å². The number of carbonyl (C=O) groups is 1. The Labute approximate surface area is 94.4 Å². The smallest absolute Gasteiger partial charge is 0.278 e. The first-order valence-corrected chi connectivity index (χ1v) is 4.89. The maximum absolute atomic E-state index is 11.6. The molecule has 80 valence electrons. The molecule has 1 aromatic carbocycles. The van der Waals surface area contributed by atoms with E-state index in [0.717, 1.165) is 5.56 Å². The fourth-order valence-corrected chi connectivity index (χ4v) is 1.33. The van der Waals surface area contributed by atoms with Gasteiger partial charge in [0.15, 0.2) is 0 Å². The zero-order chi connectivity index (χ0) is 11.4. The van der Waals surface area contributed by atoms with Gasteiger partial charge in [0.2, 0.25) is 0 Å². The minimum atomic E-state index is -0.252. The van der Waals surface area contributed by atoms with Crippen LogP contribution in [0.15, 0.2) is 23.2 Å². The summed E-state index contributed by atoms with van der Waals surface area (Å²) in [6.45, 7) is 1.84. The summed E-state index contributed by atoms with van der Waals surface area (Å²) in [5.74, 6) is -0.252. The second-order valence-corrected chi connectivity index (χ2v) is 3.91. The van der Waals surface area contributed by atoms with Crippen molar-refractivity contribution in [2.24, 2.45) is 4.99 Å². The zero-order valence-corrected chi connectivity index (χ0v) is 9.75. The van der Waals surface area contributed by atoms with Crippen molar-refractivity contribution in [1.82, 2.24) is 4.90 Å². The van der Waals surface area contributed by atoms with E-state index in [0.29, 0.717) is 10.6 Å². The number of aryl methyl sites for hydroxylation is 1. The van der Waals surface area contributed by atoms with Gasteiger partial charge in [0.1, 0.15) is 0 Å². The minimum Gasteiger partial charge on any atom is -0.369 e. The van der Waals surface area contributed by atoms with Crippen molar-refractivity contribution in [2.45, 2.75) is 6.92 Å². The third-order valence-corrected chi connectivity index (χ3v) is 2.06. The molecule has 0 bridgehead atoms. The molecule has 0 heterocycles. The summed E-state index contributed by atoms with van der Waals surface area (Å²) in [6, 6.07) is 5.12. The van der Waals surface area contributed by atoms with Crippen LogP contribution in [0, 0.1) is 6.92 Å². The second-order valence-electron chi connectivity index (χ2n) is 3.47. The van der Waals surface area contributed by atoms with E-state index in [9.17, 15) is 4.79 Å². The molecule has 0 atom stereocenters. The summed E-state index contributed by atoms with van der Waals surface area (Å²) < 4.78 is 0. The molecule has 0 saturated carbocycles. The molecule has 0 radical (unpaired) electrons. The van der Waals surface area contributed by atoms with E-state index in [4.69, 9.17) is 11.6 Å². The molecule has 3 nitrogen and oxygen atoms in total. The number of hydrogen-bond donors (Lipinski definition) is 0. The van der Waals surface area contributed by atoms with Gasteiger partial charge in [-0.25, -0.2) is 0 Å². The first-order chi connectivity index (χ1) is 7.00. The number of aliphatic imine (C=N–C) groups is 1. The Hall–Kier alpha value is -1.35. The zero-order valence-electron chi connectivity index (χ0n) is 8.99. The van der Waals surface area contributed by atoms with Crippen molar-refractivity contribution in [3.63, 3.8) is 0 Å². The van der Waals surface area contributed by atoms with E-state index in [1.807, 2.05) is 21.0 Å². The lowest BCUT2D eigenvalue weighted by atomic mass is 10.1. The van der Waals surface area contributed by atoms with Gasteiger partial charge in [-0.2, -0.15) is 4.99 Å². The highest BCUT2D eigenvalue weighted by Gasteiger charge is 2.06. The van der Waals surface area contributed by atoms with Crippen LogP contribution in [0.3, 0.4) is 0 Å². The molecule has 0 saturated heterocycles. The number of rotatable bonds is 2. The lowest BCUT2D eigenvalue weighted by Gasteiger charge is -2.04. The predicted molar refractivity (Wildman–Crippen MR) is 62.7 cm³/mol. The van der Waals surface area contributed by atoms with E-state index >= 15 is 0 Å². The van der Waals surface area contributed by atoms with Crippen LogP contribution in [0.1, 0.15) is 15.9 Å². The average Bonchev–Trinajstić information content (AvgIpc) is 2.14. The van der Waals surface area contributed by atoms with Crippen LogP contribution in [-0.4, -0.2) is 31.2 Å². The Morgan fingerprint density at radius 2 is 2.13 bits per heavy atom. The van der Waals surface area contributed by atoms with Gasteiger partial charge in [-0.1, -0.05) is 11.6 Å². The van der Waals surface area contributed by atoms with E-state index in [1.165, 1.54) is 6.34 Å². The highest BCUT2D eigenvalue weighted by atomic mass is 35.5. The van der Waals surface area contributed by atoms with E-state index in [-0.39, 0.29) is 5.91 Å². The molecular weight excluding hydrogens is 212 g/mol. The Bertz CT molecular complexity index is 400. The summed E-state index contributed by atoms with van der Waals surface area (Å²) in [5, 5.41) is 0.626. The number of halogens is 1. The average molecular weight is 225 g/mol. The Balaban J connectivity index is 2.92. The van der Waals surface area contributed by atoms with E-state index in [2.05, 4.69) is 4.99 Å². The van der Waals surface area contributed by atoms with Gasteiger partial charge in [0.05, 0.1) is 6.34 Å². The Morgan fingerprint density at radius 3 is 2.67 bits per heavy atom. The fourth-order valence-electron chi connectivity index (χ4n) is 1.10. The van der Waals surface area contributed by atoms with Gasteiger partial charge in [-0.05, 0) is 30.7 Å². The van der Waals surface area contributed by atoms with Crippen molar-refractivity contribution in [3.8, 4) is 0 Å². The highest BCUT2D eigenvalue weighted by Crippen LogP contribution is 2.15. The molecule has 15 heavy (non-hydrogen) atoms. The molecule has 1 aromatic rings. The summed E-state index contributed by atoms with van der Waals surface area (Å²) in [4.78, 5) is 17.1. The molecule has 0 N–H and O–H groups in total. The topological polar surface area (TPSA) is 32.7 Å². The molecule has 1 amide bonds. The Morgan fingerprint density at radius 1 is 1.47 bits per heavy atom. The SMILES string of the molecule is Cc1cc(Cl)ccc1C(=O)N=CN(C)C. The standard InChI is InChI=1S/C11H13ClN2O/c1-8-6-9(12)4-5-10(8)11(15)13-7-14(2)3/h4-7H,1-3H3. The number of nitrogens with zero attached hydrogens (tertiary/aromatic N) is 2. The second kappa shape index (κ2) is 4.94. The molecule has 0 aliphatic carbocycles. The van der Waals surface area contributed by atoms with Crippen molar-refractivity contribution < 1.29 is 4.79 Å². The normalized spacial score (nSPS) is 10.7. The molecule has 0 aromatic heterocycles. The molecule has 0 aliphatic rings. The number of benzene rings is 1. The third-order valence-electron chi connectivity index (χ3n) is 1.82. The van der Waals surface area contributed by atoms with Crippen molar-refractivity contribution in [3.05, 3.63) is 34.3 Å². The molecular formula is C11H13ClN2O. The molecule has 0 aliphatic heterocycles. The van der Waals surface area contributed by atoms with Gasteiger partial charge in [0, 0.05) is 24.7 Å². The van der Waals surface area contributed by atoms with Gasteiger partial charge >= 0.3 is 0 Å². The first kappa shape index (κ1) is 11.7. The van der Waals surface area contributed by atoms with Crippen molar-refractivity contribution in [1.29, 1.82) is 0 Å². The van der Waals surface area contributed by atoms with Crippen LogP contribution in [0.25, 0.3) is 0 Å². The summed E-state index contributed by atoms with van der Waals surface area (Å²) in [7, 11) is 3.62. The van der Waals surface area contributed by atoms with Gasteiger partial charge in [0.25, 0.3) is 5.91 Å². The van der Waals surface area contributed by atoms with Crippen LogP contribution < -0.4 is 0 Å². The summed E-state index contributed by atoms with van der Waals surface area (Å²) in [5.41, 5.74) is 1.42. The van der Waals surface area contributed by atoms with Crippen molar-refractivity contribution in [2.75, 3.05) is 14.1 Å². The predicted octanol–water partition coefficient (Wildman–Crippen LogP) is 2.38. The highest BCUT2D eigenvalue weighted by molar-refractivity contribution is 6.30. The van der Waals surface area contributed by atoms with E-state index < -0.39 is 0 Å². The third kappa shape index (κ3) is 3.36. The maximum atomic E-state index is 11.6. The monoisotopic (exact) mass is 224 g/mol. The van der Waals surface area contributed by atoms with Crippen LogP contribution >= 0.6 is 11.6 Å². The van der Waals surface area contributed by atoms with Crippen LogP contribution in [-0.2, 0) is 0 Å². The molecule has 0 unspecified atom stereocenters. The Kier molecular flexibility index (Phi) is 3.86. The van der Waals surface area contributed by atoms with Crippen LogP contribution in [0.4, 0.5) is 0 Å². The number of amides is 1. The van der Waals surface area contributed by atoms with Gasteiger partial charge in [-0.3, -0.25) is 4.79 Å². The maximum Gasteiger partial charge on any atom is 0.278 e. The molecule has 1 rings (SSSR count). The lowest BCUT2D eigenvalue weighted by Crippen LogP contribution is -2.10. The largest absolute Gasteiger partial charge is 0.369 e. The van der Waals surface area contributed by atoms with Crippen LogP contribution in [0.5, 0.6) is 0 Å². The lowest BCUT2D eigenvalue weighted by molar-refractivity contribution is 0.100. The quantitative estimate of drug-likeness (QED) is 0.571. The minimum absolute atomic E-state index is 0.252. The summed E-state index contributed by atoms with van der Waals surface area (Å²) >= 11 is 5.79. The molecule has 4 heteroatoms. The molecule has 0 fully saturated rings. The van der Waals surface area contributed by atoms with Gasteiger partial charge in [-0.15, -0.1) is 0 Å². The number of hydrogen-bond acceptors (Lipinski definition) is 1. The van der Waals surface area contributed by atoms with Crippen LogP contribution in [0.2, 0.25) is 5.02 Å². The summed E-state index contributed by atoms with van der Waals surface area (Å²) in [6.07, 6.45) is 1.48.